The number of halogens is 1. The number of rotatable bonds is 3. The average molecular weight is 270 g/mol. The van der Waals surface area contributed by atoms with Gasteiger partial charge in [0, 0.05) is 10.0 Å². The molecule has 0 aliphatic heterocycles. The number of ether oxygens (including phenoxy) is 1. The first-order valence-electron chi connectivity index (χ1n) is 4.12. The Morgan fingerprint density at radius 1 is 1.36 bits per heavy atom. The maximum absolute atomic E-state index is 5.53. The fourth-order valence-corrected chi connectivity index (χ4v) is 1.90. The maximum Gasteiger partial charge on any atom is 0.150 e. The van der Waals surface area contributed by atoms with Gasteiger partial charge < -0.3 is 4.74 Å². The zero-order valence-corrected chi connectivity index (χ0v) is 9.72. The molecule has 1 aromatic heterocycles. The Morgan fingerprint density at radius 3 is 2.93 bits per heavy atom. The Bertz CT molecular complexity index is 402. The van der Waals surface area contributed by atoms with Crippen LogP contribution < -0.4 is 4.74 Å². The zero-order chi connectivity index (χ0) is 9.80. The van der Waals surface area contributed by atoms with Gasteiger partial charge in [-0.05, 0) is 17.6 Å². The lowest BCUT2D eigenvalue weighted by molar-refractivity contribution is 0.306. The molecule has 1 aromatic carbocycles. The van der Waals surface area contributed by atoms with Gasteiger partial charge in [-0.15, -0.1) is 0 Å². The van der Waals surface area contributed by atoms with Crippen LogP contribution >= 0.6 is 27.5 Å². The van der Waals surface area contributed by atoms with Gasteiger partial charge in [0.05, 0.1) is 11.6 Å². The summed E-state index contributed by atoms with van der Waals surface area (Å²) in [7, 11) is 0. The van der Waals surface area contributed by atoms with Crippen molar-refractivity contribution in [2.45, 2.75) is 6.61 Å². The highest BCUT2D eigenvalue weighted by atomic mass is 79.9. The van der Waals surface area contributed by atoms with Gasteiger partial charge in [0.25, 0.3) is 0 Å². The van der Waals surface area contributed by atoms with Gasteiger partial charge in [-0.2, -0.15) is 4.37 Å². The molecule has 0 atom stereocenters. The SMILES string of the molecule is Brc1ccccc1COc1cnsc1. The molecule has 4 heteroatoms. The van der Waals surface area contributed by atoms with E-state index in [4.69, 9.17) is 4.74 Å². The van der Waals surface area contributed by atoms with E-state index in [1.165, 1.54) is 11.5 Å². The molecule has 0 bridgehead atoms. The highest BCUT2D eigenvalue weighted by Crippen LogP contribution is 2.19. The van der Waals surface area contributed by atoms with Crippen LogP contribution in [0.2, 0.25) is 0 Å². The smallest absolute Gasteiger partial charge is 0.150 e. The van der Waals surface area contributed by atoms with Gasteiger partial charge in [0.15, 0.2) is 5.75 Å². The molecule has 0 saturated heterocycles. The third-order valence-electron chi connectivity index (χ3n) is 1.76. The third kappa shape index (κ3) is 2.33. The lowest BCUT2D eigenvalue weighted by Crippen LogP contribution is -1.94. The molecular formula is C10H8BrNOS. The van der Waals surface area contributed by atoms with Crippen LogP contribution in [0.15, 0.2) is 40.3 Å². The minimum Gasteiger partial charge on any atom is -0.486 e. The van der Waals surface area contributed by atoms with E-state index in [0.717, 1.165) is 15.8 Å². The van der Waals surface area contributed by atoms with Crippen molar-refractivity contribution < 1.29 is 4.74 Å². The third-order valence-corrected chi connectivity index (χ3v) is 3.10. The van der Waals surface area contributed by atoms with Crippen LogP contribution in [0.3, 0.4) is 0 Å². The Balaban J connectivity index is 2.02. The molecule has 0 amide bonds. The summed E-state index contributed by atoms with van der Waals surface area (Å²) in [4.78, 5) is 0. The molecular weight excluding hydrogens is 262 g/mol. The molecule has 2 aromatic rings. The van der Waals surface area contributed by atoms with E-state index in [1.54, 1.807) is 6.20 Å². The first-order valence-corrected chi connectivity index (χ1v) is 5.75. The molecule has 0 spiro atoms. The number of hydrogen-bond donors (Lipinski definition) is 0. The summed E-state index contributed by atoms with van der Waals surface area (Å²) >= 11 is 4.86. The number of aromatic nitrogens is 1. The minimum absolute atomic E-state index is 0.569. The second-order valence-corrected chi connectivity index (χ2v) is 4.25. The molecule has 0 unspecified atom stereocenters. The highest BCUT2D eigenvalue weighted by molar-refractivity contribution is 9.10. The summed E-state index contributed by atoms with van der Waals surface area (Å²) in [6.07, 6.45) is 1.72. The van der Waals surface area contributed by atoms with Gasteiger partial charge in [-0.25, -0.2) is 0 Å². The first-order chi connectivity index (χ1) is 6.86. The Kier molecular flexibility index (Phi) is 3.16. The topological polar surface area (TPSA) is 22.1 Å². The van der Waals surface area contributed by atoms with Crippen molar-refractivity contribution in [3.8, 4) is 5.75 Å². The predicted molar refractivity (Wildman–Crippen MR) is 60.6 cm³/mol. The second-order valence-electron chi connectivity index (χ2n) is 2.74. The van der Waals surface area contributed by atoms with Crippen molar-refractivity contribution in [1.82, 2.24) is 4.37 Å². The molecule has 0 saturated carbocycles. The molecule has 1 heterocycles. The monoisotopic (exact) mass is 269 g/mol. The van der Waals surface area contributed by atoms with E-state index >= 15 is 0 Å². The number of benzene rings is 1. The lowest BCUT2D eigenvalue weighted by atomic mass is 10.2. The first kappa shape index (κ1) is 9.68. The normalized spacial score (nSPS) is 10.1. The Labute approximate surface area is 94.8 Å². The van der Waals surface area contributed by atoms with E-state index in [2.05, 4.69) is 20.3 Å². The molecule has 72 valence electrons. The Morgan fingerprint density at radius 2 is 2.21 bits per heavy atom. The molecule has 0 N–H and O–H groups in total. The summed E-state index contributed by atoms with van der Waals surface area (Å²) < 4.78 is 10.6. The van der Waals surface area contributed by atoms with Crippen molar-refractivity contribution in [1.29, 1.82) is 0 Å². The molecule has 0 aliphatic rings. The van der Waals surface area contributed by atoms with E-state index in [0.29, 0.717) is 6.61 Å². The van der Waals surface area contributed by atoms with Crippen LogP contribution in [0.25, 0.3) is 0 Å². The summed E-state index contributed by atoms with van der Waals surface area (Å²) in [6, 6.07) is 8.02. The summed E-state index contributed by atoms with van der Waals surface area (Å²) in [5, 5.41) is 1.89. The van der Waals surface area contributed by atoms with E-state index in [-0.39, 0.29) is 0 Å². The standard InChI is InChI=1S/C10H8BrNOS/c11-10-4-2-1-3-8(10)6-13-9-5-12-14-7-9/h1-5,7H,6H2. The summed E-state index contributed by atoms with van der Waals surface area (Å²) in [5.74, 6) is 0.825. The van der Waals surface area contributed by atoms with E-state index in [9.17, 15) is 0 Å². The summed E-state index contributed by atoms with van der Waals surface area (Å²) in [5.41, 5.74) is 1.14. The Hall–Kier alpha value is -0.870. The fraction of sp³-hybridized carbons (Fsp3) is 0.100. The van der Waals surface area contributed by atoms with Crippen LogP contribution in [-0.4, -0.2) is 4.37 Å². The van der Waals surface area contributed by atoms with Gasteiger partial charge in [-0.1, -0.05) is 34.1 Å². The van der Waals surface area contributed by atoms with Gasteiger partial charge in [-0.3, -0.25) is 0 Å². The lowest BCUT2D eigenvalue weighted by Gasteiger charge is -2.04. The zero-order valence-electron chi connectivity index (χ0n) is 7.31. The molecule has 0 aliphatic carbocycles. The van der Waals surface area contributed by atoms with Gasteiger partial charge in [0.2, 0.25) is 0 Å². The van der Waals surface area contributed by atoms with Crippen LogP contribution in [0.4, 0.5) is 0 Å². The van der Waals surface area contributed by atoms with Crippen molar-refractivity contribution >= 4 is 27.5 Å². The minimum atomic E-state index is 0.569. The summed E-state index contributed by atoms with van der Waals surface area (Å²) in [6.45, 7) is 0.569. The number of hydrogen-bond acceptors (Lipinski definition) is 3. The fourth-order valence-electron chi connectivity index (χ4n) is 1.04. The average Bonchev–Trinajstić information content (AvgIpc) is 2.69. The predicted octanol–water partition coefficient (Wildman–Crippen LogP) is 3.48. The van der Waals surface area contributed by atoms with E-state index < -0.39 is 0 Å². The maximum atomic E-state index is 5.53. The van der Waals surface area contributed by atoms with Gasteiger partial charge >= 0.3 is 0 Å². The number of nitrogens with zero attached hydrogens (tertiary/aromatic N) is 1. The largest absolute Gasteiger partial charge is 0.486 e. The van der Waals surface area contributed by atoms with Crippen molar-refractivity contribution in [2.75, 3.05) is 0 Å². The molecule has 0 radical (unpaired) electrons. The van der Waals surface area contributed by atoms with Crippen molar-refractivity contribution in [3.63, 3.8) is 0 Å². The van der Waals surface area contributed by atoms with Gasteiger partial charge in [0.1, 0.15) is 6.61 Å². The highest BCUT2D eigenvalue weighted by Gasteiger charge is 1.99. The molecule has 2 nitrogen and oxygen atoms in total. The second kappa shape index (κ2) is 4.57. The van der Waals surface area contributed by atoms with Crippen LogP contribution in [0.1, 0.15) is 5.56 Å². The molecule has 2 rings (SSSR count). The van der Waals surface area contributed by atoms with E-state index in [1.807, 2.05) is 29.6 Å². The van der Waals surface area contributed by atoms with Crippen LogP contribution in [-0.2, 0) is 6.61 Å². The van der Waals surface area contributed by atoms with Crippen molar-refractivity contribution in [3.05, 3.63) is 45.9 Å². The van der Waals surface area contributed by atoms with Crippen LogP contribution in [0.5, 0.6) is 5.75 Å². The molecule has 0 fully saturated rings. The van der Waals surface area contributed by atoms with Crippen LogP contribution in [0, 0.1) is 0 Å². The quantitative estimate of drug-likeness (QED) is 0.851. The van der Waals surface area contributed by atoms with Crippen molar-refractivity contribution in [2.24, 2.45) is 0 Å². The molecule has 14 heavy (non-hydrogen) atoms.